The molecular formula is C35H34O4. The molecule has 198 valence electrons. The molecule has 0 atom stereocenters. The van der Waals surface area contributed by atoms with Crippen molar-refractivity contribution in [3.05, 3.63) is 71.8 Å². The standard InChI is InChI=1S/C35H34O4/c1-2-3-4-14-34-15-18-35(19-16-34,20-17-34)39-33(38)31-27(32(36)37)21-23-10-7-12-25-24-11-5-8-22-9-6-13-26(28(22)24)30(31)29(23)25/h5-13,21H,2-4,14-20H2,1H3,(H,36,37). The molecule has 3 fully saturated rings. The summed E-state index contributed by atoms with van der Waals surface area (Å²) in [6.45, 7) is 2.25. The Hall–Kier alpha value is -3.66. The lowest BCUT2D eigenvalue weighted by molar-refractivity contribution is -0.106. The molecule has 4 heteroatoms. The molecule has 0 heterocycles. The predicted octanol–water partition coefficient (Wildman–Crippen LogP) is 9.27. The largest absolute Gasteiger partial charge is 0.478 e. The van der Waals surface area contributed by atoms with Crippen molar-refractivity contribution < 1.29 is 19.4 Å². The van der Waals surface area contributed by atoms with Crippen molar-refractivity contribution in [2.24, 2.45) is 5.41 Å². The van der Waals surface area contributed by atoms with Gasteiger partial charge in [-0.1, -0.05) is 80.8 Å². The second kappa shape index (κ2) is 8.94. The van der Waals surface area contributed by atoms with Gasteiger partial charge < -0.3 is 9.84 Å². The average Bonchev–Trinajstić information content (AvgIpc) is 2.96. The van der Waals surface area contributed by atoms with Gasteiger partial charge in [0.2, 0.25) is 0 Å². The first-order chi connectivity index (χ1) is 18.9. The number of carboxylic acid groups (broad SMARTS) is 1. The van der Waals surface area contributed by atoms with Crippen LogP contribution in [0.2, 0.25) is 0 Å². The number of hydrogen-bond acceptors (Lipinski definition) is 3. The minimum atomic E-state index is -1.10. The molecular weight excluding hydrogens is 484 g/mol. The Kier molecular flexibility index (Phi) is 5.59. The first-order valence-corrected chi connectivity index (χ1v) is 14.5. The van der Waals surface area contributed by atoms with Crippen LogP contribution in [0.15, 0.2) is 60.7 Å². The molecule has 0 amide bonds. The fourth-order valence-corrected chi connectivity index (χ4v) is 7.86. The van der Waals surface area contributed by atoms with Gasteiger partial charge >= 0.3 is 11.9 Å². The summed E-state index contributed by atoms with van der Waals surface area (Å²) in [5, 5.41) is 18.0. The number of unbranched alkanes of at least 4 members (excludes halogenated alkanes) is 2. The Balaban J connectivity index is 1.38. The maximum Gasteiger partial charge on any atom is 0.340 e. The summed E-state index contributed by atoms with van der Waals surface area (Å²) in [5.41, 5.74) is 0.134. The third-order valence-electron chi connectivity index (χ3n) is 10.0. The normalized spacial score (nSPS) is 22.8. The molecule has 8 rings (SSSR count). The van der Waals surface area contributed by atoms with Crippen molar-refractivity contribution in [3.8, 4) is 0 Å². The third-order valence-corrected chi connectivity index (χ3v) is 10.0. The van der Waals surface area contributed by atoms with Crippen LogP contribution in [0.4, 0.5) is 0 Å². The molecule has 0 aromatic heterocycles. The Labute approximate surface area is 228 Å². The van der Waals surface area contributed by atoms with E-state index < -0.39 is 17.5 Å². The highest BCUT2D eigenvalue weighted by Gasteiger charge is 2.50. The second-order valence-corrected chi connectivity index (χ2v) is 12.1. The molecule has 0 spiro atoms. The third kappa shape index (κ3) is 3.71. The van der Waals surface area contributed by atoms with E-state index in [2.05, 4.69) is 37.3 Å². The van der Waals surface area contributed by atoms with Gasteiger partial charge in [0.15, 0.2) is 0 Å². The van der Waals surface area contributed by atoms with Gasteiger partial charge in [0, 0.05) is 5.39 Å². The number of aromatic carboxylic acids is 1. The quantitative estimate of drug-likeness (QED) is 0.101. The molecule has 5 aromatic carbocycles. The first kappa shape index (κ1) is 24.4. The molecule has 3 saturated carbocycles. The van der Waals surface area contributed by atoms with Gasteiger partial charge in [-0.2, -0.15) is 0 Å². The second-order valence-electron chi connectivity index (χ2n) is 12.1. The van der Waals surface area contributed by atoms with Crippen LogP contribution < -0.4 is 0 Å². The summed E-state index contributed by atoms with van der Waals surface area (Å²) in [6.07, 6.45) is 11.0. The highest BCUT2D eigenvalue weighted by molar-refractivity contribution is 6.36. The molecule has 0 radical (unpaired) electrons. The molecule has 0 aliphatic heterocycles. The number of hydrogen-bond donors (Lipinski definition) is 1. The molecule has 0 unspecified atom stereocenters. The van der Waals surface area contributed by atoms with Crippen LogP contribution >= 0.6 is 0 Å². The van der Waals surface area contributed by atoms with Crippen LogP contribution in [0.5, 0.6) is 0 Å². The summed E-state index contributed by atoms with van der Waals surface area (Å²) < 4.78 is 6.45. The van der Waals surface area contributed by atoms with Crippen molar-refractivity contribution in [1.29, 1.82) is 0 Å². The number of carbonyl (C=O) groups is 2. The maximum atomic E-state index is 14.2. The predicted molar refractivity (Wildman–Crippen MR) is 157 cm³/mol. The molecule has 3 aliphatic carbocycles. The molecule has 1 N–H and O–H groups in total. The summed E-state index contributed by atoms with van der Waals surface area (Å²) in [4.78, 5) is 26.9. The monoisotopic (exact) mass is 518 g/mol. The zero-order valence-corrected chi connectivity index (χ0v) is 22.5. The van der Waals surface area contributed by atoms with Gasteiger partial charge in [-0.25, -0.2) is 9.59 Å². The lowest BCUT2D eigenvalue weighted by atomic mass is 9.57. The van der Waals surface area contributed by atoms with E-state index in [1.807, 2.05) is 24.3 Å². The number of carbonyl (C=O) groups excluding carboxylic acids is 1. The lowest BCUT2D eigenvalue weighted by Crippen LogP contribution is -2.48. The Morgan fingerprint density at radius 3 is 2.03 bits per heavy atom. The Bertz CT molecular complexity index is 1730. The molecule has 4 nitrogen and oxygen atoms in total. The maximum absolute atomic E-state index is 14.2. The molecule has 3 aliphatic rings. The fraction of sp³-hybridized carbons (Fsp3) is 0.371. The van der Waals surface area contributed by atoms with Crippen LogP contribution in [0.25, 0.3) is 43.1 Å². The van der Waals surface area contributed by atoms with E-state index in [4.69, 9.17) is 4.74 Å². The minimum absolute atomic E-state index is 0.0213. The summed E-state index contributed by atoms with van der Waals surface area (Å²) in [6, 6.07) is 20.0. The summed E-state index contributed by atoms with van der Waals surface area (Å²) >= 11 is 0. The van der Waals surface area contributed by atoms with Crippen molar-refractivity contribution in [2.75, 3.05) is 0 Å². The van der Waals surface area contributed by atoms with E-state index in [9.17, 15) is 14.7 Å². The van der Waals surface area contributed by atoms with Crippen molar-refractivity contribution >= 4 is 55.0 Å². The fourth-order valence-electron chi connectivity index (χ4n) is 7.86. The Morgan fingerprint density at radius 2 is 1.38 bits per heavy atom. The number of rotatable bonds is 7. The lowest BCUT2D eigenvalue weighted by Gasteiger charge is -2.53. The topological polar surface area (TPSA) is 63.6 Å². The zero-order chi connectivity index (χ0) is 26.8. The molecule has 5 aromatic rings. The van der Waals surface area contributed by atoms with Gasteiger partial charge in [0.25, 0.3) is 0 Å². The minimum Gasteiger partial charge on any atom is -0.478 e. The van der Waals surface area contributed by atoms with Crippen LogP contribution in [0, 0.1) is 5.41 Å². The number of esters is 1. The summed E-state index contributed by atoms with van der Waals surface area (Å²) in [5.74, 6) is -1.59. The zero-order valence-electron chi connectivity index (χ0n) is 22.5. The molecule has 2 bridgehead atoms. The van der Waals surface area contributed by atoms with E-state index in [-0.39, 0.29) is 11.1 Å². The van der Waals surface area contributed by atoms with E-state index >= 15 is 0 Å². The van der Waals surface area contributed by atoms with E-state index in [1.165, 1.54) is 25.7 Å². The first-order valence-electron chi connectivity index (χ1n) is 14.5. The number of carboxylic acids is 1. The smallest absolute Gasteiger partial charge is 0.340 e. The van der Waals surface area contributed by atoms with E-state index in [0.717, 1.165) is 76.2 Å². The SMILES string of the molecule is CCCCCC12CCC(OC(=O)c3c(C(=O)O)cc4cccc5c6cccc7cccc(c3c45)c76)(CC1)CC2. The van der Waals surface area contributed by atoms with E-state index in [0.29, 0.717) is 10.8 Å². The number of fused-ring (bicyclic) bond motifs is 5. The van der Waals surface area contributed by atoms with Crippen LogP contribution in [0.1, 0.15) is 91.8 Å². The van der Waals surface area contributed by atoms with Crippen LogP contribution in [-0.2, 0) is 4.74 Å². The Morgan fingerprint density at radius 1 is 0.769 bits per heavy atom. The van der Waals surface area contributed by atoms with Crippen molar-refractivity contribution in [3.63, 3.8) is 0 Å². The highest BCUT2D eigenvalue weighted by atomic mass is 16.6. The van der Waals surface area contributed by atoms with Crippen molar-refractivity contribution in [1.82, 2.24) is 0 Å². The molecule has 0 saturated heterocycles. The van der Waals surface area contributed by atoms with Gasteiger partial charge in [-0.3, -0.25) is 0 Å². The van der Waals surface area contributed by atoms with Gasteiger partial charge in [-0.15, -0.1) is 0 Å². The van der Waals surface area contributed by atoms with Gasteiger partial charge in [-0.05, 0) is 94.1 Å². The molecule has 39 heavy (non-hydrogen) atoms. The average molecular weight is 519 g/mol. The van der Waals surface area contributed by atoms with Crippen LogP contribution in [0.3, 0.4) is 0 Å². The highest BCUT2D eigenvalue weighted by Crippen LogP contribution is 2.56. The van der Waals surface area contributed by atoms with Gasteiger partial charge in [0.1, 0.15) is 5.60 Å². The van der Waals surface area contributed by atoms with E-state index in [1.54, 1.807) is 6.07 Å². The number of ether oxygens (including phenoxy) is 1. The summed E-state index contributed by atoms with van der Waals surface area (Å²) in [7, 11) is 0. The number of benzene rings is 5. The van der Waals surface area contributed by atoms with Crippen LogP contribution in [-0.4, -0.2) is 22.6 Å². The van der Waals surface area contributed by atoms with Gasteiger partial charge in [0.05, 0.1) is 11.1 Å². The van der Waals surface area contributed by atoms with Crippen molar-refractivity contribution in [2.45, 2.75) is 76.7 Å².